The van der Waals surface area contributed by atoms with E-state index in [1.54, 1.807) is 0 Å². The third-order valence-corrected chi connectivity index (χ3v) is 2.25. The van der Waals surface area contributed by atoms with Gasteiger partial charge in [-0.2, -0.15) is 0 Å². The molecule has 16 heavy (non-hydrogen) atoms. The summed E-state index contributed by atoms with van der Waals surface area (Å²) in [4.78, 5) is 10.6. The fraction of sp³-hybridized carbons (Fsp3) is 0.222. The van der Waals surface area contributed by atoms with E-state index in [-0.39, 0.29) is 10.6 Å². The highest BCUT2D eigenvalue weighted by atomic mass is 35.5. The first kappa shape index (κ1) is 12.7. The molecule has 0 aromatic heterocycles. The van der Waals surface area contributed by atoms with Gasteiger partial charge in [-0.1, -0.05) is 11.6 Å². The molecule has 88 valence electrons. The molecule has 2 unspecified atom stereocenters. The number of primary amides is 1. The van der Waals surface area contributed by atoms with Gasteiger partial charge in [-0.05, 0) is 12.1 Å². The number of carbonyl (C=O) groups excluding carboxylic acids is 1. The lowest BCUT2D eigenvalue weighted by atomic mass is 10.0. The second-order valence-corrected chi connectivity index (χ2v) is 3.62. The summed E-state index contributed by atoms with van der Waals surface area (Å²) in [5.74, 6) is -1.99. The summed E-state index contributed by atoms with van der Waals surface area (Å²) < 4.78 is 13.1. The third kappa shape index (κ3) is 2.41. The maximum Gasteiger partial charge on any atom is 0.249 e. The Bertz CT molecular complexity index is 427. The molecule has 1 aromatic carbocycles. The maximum atomic E-state index is 13.1. The third-order valence-electron chi connectivity index (χ3n) is 2.04. The molecule has 0 radical (unpaired) electrons. The zero-order valence-electron chi connectivity index (χ0n) is 8.02. The van der Waals surface area contributed by atoms with Crippen LogP contribution in [0.2, 0.25) is 5.02 Å². The Hall–Kier alpha value is -1.37. The molecule has 1 amide bonds. The van der Waals surface area contributed by atoms with Crippen LogP contribution in [0.25, 0.3) is 0 Å². The summed E-state index contributed by atoms with van der Waals surface area (Å²) in [6.07, 6.45) is -3.59. The number of aliphatic hydroxyl groups excluding tert-OH is 2. The molecule has 0 aliphatic heterocycles. The predicted molar refractivity (Wildman–Crippen MR) is 56.0 cm³/mol. The molecule has 2 atom stereocenters. The van der Waals surface area contributed by atoms with E-state index in [0.717, 1.165) is 12.1 Å². The van der Waals surface area contributed by atoms with Crippen LogP contribution in [0.5, 0.6) is 0 Å². The first-order valence-electron chi connectivity index (χ1n) is 4.24. The summed E-state index contributed by atoms with van der Waals surface area (Å²) in [5.41, 5.74) is 9.54. The molecule has 0 aliphatic rings. The molecule has 7 heteroatoms. The Labute approximate surface area is 95.4 Å². The van der Waals surface area contributed by atoms with Crippen molar-refractivity contribution < 1.29 is 19.4 Å². The Morgan fingerprint density at radius 3 is 2.50 bits per heavy atom. The number of anilines is 1. The van der Waals surface area contributed by atoms with Gasteiger partial charge in [0.25, 0.3) is 0 Å². The lowest BCUT2D eigenvalue weighted by molar-refractivity contribution is -0.131. The summed E-state index contributed by atoms with van der Waals surface area (Å²) in [6.45, 7) is 0. The van der Waals surface area contributed by atoms with Crippen LogP contribution in [0, 0.1) is 5.82 Å². The van der Waals surface area contributed by atoms with Crippen molar-refractivity contribution in [2.45, 2.75) is 12.2 Å². The smallest absolute Gasteiger partial charge is 0.249 e. The Morgan fingerprint density at radius 2 is 2.00 bits per heavy atom. The Kier molecular flexibility index (Phi) is 3.69. The van der Waals surface area contributed by atoms with Crippen LogP contribution < -0.4 is 11.5 Å². The van der Waals surface area contributed by atoms with Crippen LogP contribution in [-0.2, 0) is 4.79 Å². The zero-order chi connectivity index (χ0) is 12.5. The number of nitrogen functional groups attached to an aromatic ring is 1. The molecule has 1 rings (SSSR count). The molecular formula is C9H10ClFN2O3. The second-order valence-electron chi connectivity index (χ2n) is 3.18. The van der Waals surface area contributed by atoms with E-state index in [9.17, 15) is 19.4 Å². The second kappa shape index (κ2) is 4.65. The van der Waals surface area contributed by atoms with Gasteiger partial charge >= 0.3 is 0 Å². The number of hydrogen-bond acceptors (Lipinski definition) is 4. The van der Waals surface area contributed by atoms with Gasteiger partial charge in [0.05, 0.1) is 5.69 Å². The highest BCUT2D eigenvalue weighted by Crippen LogP contribution is 2.28. The van der Waals surface area contributed by atoms with Gasteiger partial charge in [-0.3, -0.25) is 4.79 Å². The number of carbonyl (C=O) groups is 1. The van der Waals surface area contributed by atoms with Crippen LogP contribution in [0.3, 0.4) is 0 Å². The molecule has 0 aliphatic carbocycles. The van der Waals surface area contributed by atoms with Gasteiger partial charge in [-0.25, -0.2) is 4.39 Å². The minimum absolute atomic E-state index is 0.0163. The van der Waals surface area contributed by atoms with Crippen LogP contribution in [0.4, 0.5) is 10.1 Å². The monoisotopic (exact) mass is 248 g/mol. The van der Waals surface area contributed by atoms with Crippen molar-refractivity contribution in [1.82, 2.24) is 0 Å². The normalized spacial score (nSPS) is 14.5. The van der Waals surface area contributed by atoms with Crippen molar-refractivity contribution >= 4 is 23.2 Å². The summed E-state index contributed by atoms with van der Waals surface area (Å²) >= 11 is 5.55. The first-order chi connectivity index (χ1) is 7.34. The van der Waals surface area contributed by atoms with Crippen molar-refractivity contribution in [1.29, 1.82) is 0 Å². The molecule has 1 aromatic rings. The molecular weight excluding hydrogens is 239 g/mol. The van der Waals surface area contributed by atoms with Crippen LogP contribution in [0.1, 0.15) is 11.7 Å². The highest BCUT2D eigenvalue weighted by molar-refractivity contribution is 6.30. The maximum absolute atomic E-state index is 13.1. The quantitative estimate of drug-likeness (QED) is 0.562. The van der Waals surface area contributed by atoms with Crippen molar-refractivity contribution in [2.75, 3.05) is 5.73 Å². The standard InChI is InChI=1S/C9H10ClFN2O3/c10-3-1-4(6(12)5(11)2-3)7(14)8(15)9(13)16/h1-2,7-8,14-15H,12H2,(H2,13,16). The minimum Gasteiger partial charge on any atom is -0.396 e. The van der Waals surface area contributed by atoms with Crippen LogP contribution >= 0.6 is 11.6 Å². The molecule has 0 saturated heterocycles. The molecule has 0 fully saturated rings. The average Bonchev–Trinajstić information content (AvgIpc) is 2.21. The van der Waals surface area contributed by atoms with Crippen molar-refractivity contribution in [3.8, 4) is 0 Å². The van der Waals surface area contributed by atoms with Gasteiger partial charge in [0.1, 0.15) is 11.9 Å². The molecule has 5 nitrogen and oxygen atoms in total. The summed E-state index contributed by atoms with van der Waals surface area (Å²) in [6, 6.07) is 2.10. The van der Waals surface area contributed by atoms with Crippen molar-refractivity contribution in [2.24, 2.45) is 5.73 Å². The van der Waals surface area contributed by atoms with Gasteiger partial charge in [0, 0.05) is 10.6 Å². The average molecular weight is 249 g/mol. The van der Waals surface area contributed by atoms with E-state index >= 15 is 0 Å². The number of halogens is 2. The molecule has 0 saturated carbocycles. The number of nitrogens with two attached hydrogens (primary N) is 2. The van der Waals surface area contributed by atoms with Crippen molar-refractivity contribution in [3.63, 3.8) is 0 Å². The Balaban J connectivity index is 3.17. The first-order valence-corrected chi connectivity index (χ1v) is 4.62. The highest BCUT2D eigenvalue weighted by Gasteiger charge is 2.26. The number of rotatable bonds is 3. The van der Waals surface area contributed by atoms with Gasteiger partial charge in [0.15, 0.2) is 6.10 Å². The zero-order valence-corrected chi connectivity index (χ0v) is 8.78. The molecule has 0 bridgehead atoms. The van der Waals surface area contributed by atoms with Gasteiger partial charge in [-0.15, -0.1) is 0 Å². The largest absolute Gasteiger partial charge is 0.396 e. The SMILES string of the molecule is NC(=O)C(O)C(O)c1cc(Cl)cc(F)c1N. The molecule has 0 spiro atoms. The van der Waals surface area contributed by atoms with Gasteiger partial charge < -0.3 is 21.7 Å². The number of amides is 1. The number of benzene rings is 1. The minimum atomic E-state index is -1.87. The van der Waals surface area contributed by atoms with Crippen LogP contribution in [0.15, 0.2) is 12.1 Å². The topological polar surface area (TPSA) is 110 Å². The number of aliphatic hydroxyl groups is 2. The van der Waals surface area contributed by atoms with E-state index in [0.29, 0.717) is 0 Å². The number of hydrogen-bond donors (Lipinski definition) is 4. The summed E-state index contributed by atoms with van der Waals surface area (Å²) in [5, 5.41) is 18.7. The molecule has 6 N–H and O–H groups in total. The lowest BCUT2D eigenvalue weighted by Gasteiger charge is -2.17. The van der Waals surface area contributed by atoms with Crippen molar-refractivity contribution in [3.05, 3.63) is 28.5 Å². The van der Waals surface area contributed by atoms with Crippen LogP contribution in [-0.4, -0.2) is 22.2 Å². The lowest BCUT2D eigenvalue weighted by Crippen LogP contribution is -2.34. The van der Waals surface area contributed by atoms with E-state index in [1.807, 2.05) is 0 Å². The fourth-order valence-electron chi connectivity index (χ4n) is 1.18. The summed E-state index contributed by atoms with van der Waals surface area (Å²) in [7, 11) is 0. The van der Waals surface area contributed by atoms with E-state index in [4.69, 9.17) is 23.1 Å². The molecule has 0 heterocycles. The Morgan fingerprint density at radius 1 is 1.44 bits per heavy atom. The van der Waals surface area contributed by atoms with E-state index in [1.165, 1.54) is 0 Å². The predicted octanol–water partition coefficient (Wildman–Crippen LogP) is -0.0591. The fourth-order valence-corrected chi connectivity index (χ4v) is 1.39. The van der Waals surface area contributed by atoms with E-state index in [2.05, 4.69) is 0 Å². The van der Waals surface area contributed by atoms with Gasteiger partial charge in [0.2, 0.25) is 5.91 Å². The van der Waals surface area contributed by atoms with E-state index < -0.39 is 29.6 Å².